The second kappa shape index (κ2) is 7.59. The lowest BCUT2D eigenvalue weighted by Crippen LogP contribution is -2.40. The maximum absolute atomic E-state index is 11.2. The molecule has 0 spiro atoms. The van der Waals surface area contributed by atoms with E-state index in [0.717, 1.165) is 6.42 Å². The van der Waals surface area contributed by atoms with E-state index < -0.39 is 6.04 Å². The molecule has 0 aliphatic heterocycles. The van der Waals surface area contributed by atoms with Crippen molar-refractivity contribution in [1.82, 2.24) is 5.32 Å². The fourth-order valence-electron chi connectivity index (χ4n) is 0.820. The fourth-order valence-corrected chi connectivity index (χ4v) is 0.820. The number of hydrogen-bond acceptors (Lipinski definition) is 3. The number of hydrogen-bond donors (Lipinski definition) is 3. The molecular formula is C9H17N3O. The first kappa shape index (κ1) is 11.9. The molecule has 0 bridgehead atoms. The van der Waals surface area contributed by atoms with Crippen molar-refractivity contribution in [2.45, 2.75) is 25.8 Å². The van der Waals surface area contributed by atoms with Gasteiger partial charge >= 0.3 is 0 Å². The zero-order valence-electron chi connectivity index (χ0n) is 7.97. The summed E-state index contributed by atoms with van der Waals surface area (Å²) >= 11 is 0. The Morgan fingerprint density at radius 1 is 1.62 bits per heavy atom. The van der Waals surface area contributed by atoms with Crippen molar-refractivity contribution in [2.24, 2.45) is 11.5 Å². The van der Waals surface area contributed by atoms with Crippen LogP contribution in [0.4, 0.5) is 0 Å². The Morgan fingerprint density at radius 3 is 2.85 bits per heavy atom. The zero-order chi connectivity index (χ0) is 10.1. The zero-order valence-corrected chi connectivity index (χ0v) is 7.97. The van der Waals surface area contributed by atoms with Crippen LogP contribution in [0.3, 0.4) is 0 Å². The lowest BCUT2D eigenvalue weighted by molar-refractivity contribution is -0.122. The molecule has 74 valence electrons. The minimum Gasteiger partial charge on any atom is -0.344 e. The topological polar surface area (TPSA) is 81.1 Å². The molecular weight excluding hydrogens is 166 g/mol. The van der Waals surface area contributed by atoms with E-state index in [1.807, 2.05) is 0 Å². The van der Waals surface area contributed by atoms with Crippen LogP contribution in [0, 0.1) is 11.8 Å². The van der Waals surface area contributed by atoms with E-state index in [1.165, 1.54) is 0 Å². The van der Waals surface area contributed by atoms with E-state index in [9.17, 15) is 4.79 Å². The minimum atomic E-state index is -0.456. The van der Waals surface area contributed by atoms with E-state index in [0.29, 0.717) is 19.5 Å². The molecule has 5 N–H and O–H groups in total. The highest BCUT2D eigenvalue weighted by Crippen LogP contribution is 1.91. The van der Waals surface area contributed by atoms with Gasteiger partial charge < -0.3 is 16.8 Å². The van der Waals surface area contributed by atoms with Crippen LogP contribution in [0.1, 0.15) is 19.8 Å². The molecule has 0 heterocycles. The Balaban J connectivity index is 3.60. The molecule has 0 radical (unpaired) electrons. The number of amides is 1. The van der Waals surface area contributed by atoms with Gasteiger partial charge in [0.05, 0.1) is 12.6 Å². The van der Waals surface area contributed by atoms with E-state index in [2.05, 4.69) is 17.2 Å². The molecule has 0 fully saturated rings. The van der Waals surface area contributed by atoms with E-state index in [4.69, 9.17) is 11.5 Å². The molecule has 0 aliphatic rings. The van der Waals surface area contributed by atoms with Gasteiger partial charge in [-0.2, -0.15) is 0 Å². The van der Waals surface area contributed by atoms with E-state index in [1.54, 1.807) is 6.92 Å². The summed E-state index contributed by atoms with van der Waals surface area (Å²) in [7, 11) is 0. The van der Waals surface area contributed by atoms with E-state index in [-0.39, 0.29) is 5.91 Å². The monoisotopic (exact) mass is 183 g/mol. The minimum absolute atomic E-state index is 0.156. The first-order chi connectivity index (χ1) is 6.22. The third-order valence-electron chi connectivity index (χ3n) is 1.58. The van der Waals surface area contributed by atoms with Gasteiger partial charge in [0.15, 0.2) is 0 Å². The number of carbonyl (C=O) groups excluding carboxylic acids is 1. The quantitative estimate of drug-likeness (QED) is 0.488. The standard InChI is InChI=1S/C9H17N3O/c1-2-3-7-12-9(13)8(11)5-4-6-10/h8H,4-7,10-11H2,1H3,(H,12,13). The van der Waals surface area contributed by atoms with Crippen molar-refractivity contribution in [3.63, 3.8) is 0 Å². The molecule has 0 rings (SSSR count). The normalized spacial score (nSPS) is 11.3. The van der Waals surface area contributed by atoms with Crippen molar-refractivity contribution in [2.75, 3.05) is 13.1 Å². The summed E-state index contributed by atoms with van der Waals surface area (Å²) in [5.74, 6) is 5.25. The van der Waals surface area contributed by atoms with Crippen LogP contribution in [0.15, 0.2) is 0 Å². The first-order valence-corrected chi connectivity index (χ1v) is 4.35. The van der Waals surface area contributed by atoms with Crippen LogP contribution in [0.5, 0.6) is 0 Å². The lowest BCUT2D eigenvalue weighted by atomic mass is 10.1. The number of carbonyl (C=O) groups is 1. The molecule has 4 heteroatoms. The Morgan fingerprint density at radius 2 is 2.31 bits per heavy atom. The molecule has 1 unspecified atom stereocenters. The highest BCUT2D eigenvalue weighted by Gasteiger charge is 2.10. The maximum atomic E-state index is 11.2. The highest BCUT2D eigenvalue weighted by molar-refractivity contribution is 5.81. The average Bonchev–Trinajstić information content (AvgIpc) is 2.14. The van der Waals surface area contributed by atoms with Crippen molar-refractivity contribution in [1.29, 1.82) is 0 Å². The van der Waals surface area contributed by atoms with Gasteiger partial charge in [0, 0.05) is 0 Å². The van der Waals surface area contributed by atoms with Crippen LogP contribution >= 0.6 is 0 Å². The SMILES string of the molecule is CC#CCNC(=O)C(N)CCCN. The maximum Gasteiger partial charge on any atom is 0.237 e. The van der Waals surface area contributed by atoms with Gasteiger partial charge in [-0.05, 0) is 26.3 Å². The van der Waals surface area contributed by atoms with Gasteiger partial charge in [-0.1, -0.05) is 5.92 Å². The summed E-state index contributed by atoms with van der Waals surface area (Å²) in [6.45, 7) is 2.65. The van der Waals surface area contributed by atoms with Gasteiger partial charge in [0.2, 0.25) is 5.91 Å². The number of rotatable bonds is 5. The average molecular weight is 183 g/mol. The number of nitrogens with two attached hydrogens (primary N) is 2. The predicted octanol–water partition coefficient (Wildman–Crippen LogP) is -0.808. The Bertz CT molecular complexity index is 205. The molecule has 0 saturated heterocycles. The molecule has 4 nitrogen and oxygen atoms in total. The van der Waals surface area contributed by atoms with Crippen LogP contribution in [0.25, 0.3) is 0 Å². The van der Waals surface area contributed by atoms with Crippen LogP contribution < -0.4 is 16.8 Å². The molecule has 13 heavy (non-hydrogen) atoms. The Labute approximate surface area is 79.0 Å². The van der Waals surface area contributed by atoms with Crippen molar-refractivity contribution >= 4 is 5.91 Å². The summed E-state index contributed by atoms with van der Waals surface area (Å²) in [6.07, 6.45) is 1.40. The summed E-state index contributed by atoms with van der Waals surface area (Å²) < 4.78 is 0. The van der Waals surface area contributed by atoms with Crippen molar-refractivity contribution < 1.29 is 4.79 Å². The Kier molecular flexibility index (Phi) is 6.98. The van der Waals surface area contributed by atoms with Crippen molar-refractivity contribution in [3.8, 4) is 11.8 Å². The smallest absolute Gasteiger partial charge is 0.237 e. The summed E-state index contributed by atoms with van der Waals surface area (Å²) in [4.78, 5) is 11.2. The van der Waals surface area contributed by atoms with Gasteiger partial charge in [0.1, 0.15) is 0 Å². The third kappa shape index (κ3) is 6.14. The van der Waals surface area contributed by atoms with Crippen LogP contribution in [-0.4, -0.2) is 25.0 Å². The Hall–Kier alpha value is -1.05. The summed E-state index contributed by atoms with van der Waals surface area (Å²) in [5, 5.41) is 2.61. The third-order valence-corrected chi connectivity index (χ3v) is 1.58. The molecule has 0 saturated carbocycles. The fraction of sp³-hybridized carbons (Fsp3) is 0.667. The highest BCUT2D eigenvalue weighted by atomic mass is 16.2. The molecule has 0 aliphatic carbocycles. The van der Waals surface area contributed by atoms with Gasteiger partial charge in [0.25, 0.3) is 0 Å². The largest absolute Gasteiger partial charge is 0.344 e. The molecule has 0 aromatic rings. The molecule has 0 aromatic heterocycles. The van der Waals surface area contributed by atoms with Crippen LogP contribution in [0.2, 0.25) is 0 Å². The van der Waals surface area contributed by atoms with Crippen LogP contribution in [-0.2, 0) is 4.79 Å². The molecule has 1 atom stereocenters. The van der Waals surface area contributed by atoms with Crippen molar-refractivity contribution in [3.05, 3.63) is 0 Å². The number of nitrogens with one attached hydrogen (secondary N) is 1. The lowest BCUT2D eigenvalue weighted by Gasteiger charge is -2.09. The molecule has 1 amide bonds. The molecule has 0 aromatic carbocycles. The van der Waals surface area contributed by atoms with E-state index >= 15 is 0 Å². The second-order valence-corrected chi connectivity index (χ2v) is 2.68. The summed E-state index contributed by atoms with van der Waals surface area (Å²) in [6, 6.07) is -0.456. The first-order valence-electron chi connectivity index (χ1n) is 4.35. The summed E-state index contributed by atoms with van der Waals surface area (Å²) in [5.41, 5.74) is 10.9. The second-order valence-electron chi connectivity index (χ2n) is 2.68. The van der Waals surface area contributed by atoms with Gasteiger partial charge in [-0.25, -0.2) is 0 Å². The van der Waals surface area contributed by atoms with Gasteiger partial charge in [-0.15, -0.1) is 5.92 Å². The predicted molar refractivity (Wildman–Crippen MR) is 52.7 cm³/mol. The van der Waals surface area contributed by atoms with Gasteiger partial charge in [-0.3, -0.25) is 4.79 Å².